The maximum atomic E-state index is 12.7. The van der Waals surface area contributed by atoms with Gasteiger partial charge in [-0.1, -0.05) is 51.3 Å². The van der Waals surface area contributed by atoms with Crippen LogP contribution < -0.4 is 4.74 Å². The van der Waals surface area contributed by atoms with E-state index in [0.717, 1.165) is 10.0 Å². The van der Waals surface area contributed by atoms with Gasteiger partial charge in [0.15, 0.2) is 5.78 Å². The first-order valence-corrected chi connectivity index (χ1v) is 7.92. The zero-order chi connectivity index (χ0) is 15.6. The van der Waals surface area contributed by atoms with Crippen LogP contribution in [0, 0.1) is 6.92 Å². The molecule has 2 rings (SSSR count). The minimum atomic E-state index is -0.163. The summed E-state index contributed by atoms with van der Waals surface area (Å²) in [5.74, 6) is 0.315. The Kier molecular flexibility index (Phi) is 5.31. The fourth-order valence-electron chi connectivity index (χ4n) is 1.97. The van der Waals surface area contributed by atoms with E-state index in [4.69, 9.17) is 27.9 Å². The Morgan fingerprint density at radius 2 is 1.90 bits per heavy atom. The van der Waals surface area contributed by atoms with Crippen molar-refractivity contribution in [3.8, 4) is 5.75 Å². The summed E-state index contributed by atoms with van der Waals surface area (Å²) in [7, 11) is 0. The van der Waals surface area contributed by atoms with E-state index in [1.807, 2.05) is 26.0 Å². The number of benzene rings is 2. The average molecular weight is 388 g/mol. The monoisotopic (exact) mass is 386 g/mol. The summed E-state index contributed by atoms with van der Waals surface area (Å²) in [5, 5.41) is 0.699. The number of carbonyl (C=O) groups excluding carboxylic acids is 1. The van der Waals surface area contributed by atoms with E-state index in [1.54, 1.807) is 18.2 Å². The van der Waals surface area contributed by atoms with Gasteiger partial charge in [0.25, 0.3) is 0 Å². The molecule has 0 N–H and O–H groups in total. The second-order valence-corrected chi connectivity index (χ2v) is 6.11. The molecule has 2 aromatic rings. The van der Waals surface area contributed by atoms with Crippen molar-refractivity contribution in [2.24, 2.45) is 0 Å². The van der Waals surface area contributed by atoms with Crippen molar-refractivity contribution in [2.75, 3.05) is 6.61 Å². The molecule has 0 atom stereocenters. The standard InChI is InChI=1S/C16H13BrCl2O2/c1-3-21-15-8-13(18)11(7-14(15)19)16(20)10-5-4-6-12(17)9(10)2/h4-8H,3H2,1-2H3. The van der Waals surface area contributed by atoms with Crippen molar-refractivity contribution in [2.45, 2.75) is 13.8 Å². The molecule has 0 aliphatic heterocycles. The number of hydrogen-bond donors (Lipinski definition) is 0. The van der Waals surface area contributed by atoms with E-state index in [-0.39, 0.29) is 5.78 Å². The molecule has 0 radical (unpaired) electrons. The van der Waals surface area contributed by atoms with Crippen molar-refractivity contribution in [3.05, 3.63) is 61.5 Å². The third kappa shape index (κ3) is 3.42. The van der Waals surface area contributed by atoms with Gasteiger partial charge >= 0.3 is 0 Å². The molecule has 0 unspecified atom stereocenters. The lowest BCUT2D eigenvalue weighted by atomic mass is 9.99. The van der Waals surface area contributed by atoms with Crippen LogP contribution >= 0.6 is 39.1 Å². The fraction of sp³-hybridized carbons (Fsp3) is 0.188. The highest BCUT2D eigenvalue weighted by atomic mass is 79.9. The van der Waals surface area contributed by atoms with Gasteiger partial charge in [-0.15, -0.1) is 0 Å². The number of ketones is 1. The summed E-state index contributed by atoms with van der Waals surface area (Å²) in [6, 6.07) is 8.60. The van der Waals surface area contributed by atoms with Crippen LogP contribution in [0.4, 0.5) is 0 Å². The third-order valence-corrected chi connectivity index (χ3v) is 4.55. The highest BCUT2D eigenvalue weighted by Gasteiger charge is 2.18. The molecule has 110 valence electrons. The van der Waals surface area contributed by atoms with Crippen LogP contribution in [-0.4, -0.2) is 12.4 Å². The highest BCUT2D eigenvalue weighted by molar-refractivity contribution is 9.10. The van der Waals surface area contributed by atoms with E-state index >= 15 is 0 Å². The summed E-state index contributed by atoms with van der Waals surface area (Å²) in [6.07, 6.45) is 0. The number of ether oxygens (including phenoxy) is 1. The topological polar surface area (TPSA) is 26.3 Å². The summed E-state index contributed by atoms with van der Waals surface area (Å²) < 4.78 is 6.24. The Balaban J connectivity index is 2.49. The molecule has 2 aromatic carbocycles. The van der Waals surface area contributed by atoms with E-state index < -0.39 is 0 Å². The SMILES string of the molecule is CCOc1cc(Cl)c(C(=O)c2cccc(Br)c2C)cc1Cl. The summed E-state index contributed by atoms with van der Waals surface area (Å²) in [6.45, 7) is 4.21. The van der Waals surface area contributed by atoms with Crippen molar-refractivity contribution >= 4 is 44.9 Å². The van der Waals surface area contributed by atoms with Crippen LogP contribution in [0.25, 0.3) is 0 Å². The Morgan fingerprint density at radius 1 is 1.19 bits per heavy atom. The molecule has 0 saturated carbocycles. The predicted octanol–water partition coefficient (Wildman–Crippen LogP) is 5.69. The molecule has 0 bridgehead atoms. The van der Waals surface area contributed by atoms with Gasteiger partial charge in [-0.3, -0.25) is 4.79 Å². The van der Waals surface area contributed by atoms with E-state index in [2.05, 4.69) is 15.9 Å². The van der Waals surface area contributed by atoms with Gasteiger partial charge in [0.05, 0.1) is 16.7 Å². The molecule has 0 aliphatic rings. The second-order valence-electron chi connectivity index (χ2n) is 4.44. The number of halogens is 3. The Bertz CT molecular complexity index is 699. The lowest BCUT2D eigenvalue weighted by Gasteiger charge is -2.11. The van der Waals surface area contributed by atoms with Crippen LogP contribution in [0.1, 0.15) is 28.4 Å². The van der Waals surface area contributed by atoms with Crippen molar-refractivity contribution in [1.29, 1.82) is 0 Å². The van der Waals surface area contributed by atoms with E-state index in [1.165, 1.54) is 0 Å². The Morgan fingerprint density at radius 3 is 2.57 bits per heavy atom. The molecule has 0 amide bonds. The van der Waals surface area contributed by atoms with Crippen molar-refractivity contribution < 1.29 is 9.53 Å². The van der Waals surface area contributed by atoms with Gasteiger partial charge in [-0.2, -0.15) is 0 Å². The van der Waals surface area contributed by atoms with E-state index in [0.29, 0.717) is 33.5 Å². The van der Waals surface area contributed by atoms with Gasteiger partial charge in [-0.25, -0.2) is 0 Å². The Hall–Kier alpha value is -1.03. The zero-order valence-corrected chi connectivity index (χ0v) is 14.6. The molecule has 5 heteroatoms. The predicted molar refractivity (Wildman–Crippen MR) is 89.9 cm³/mol. The van der Waals surface area contributed by atoms with Crippen LogP contribution in [0.2, 0.25) is 10.0 Å². The summed E-state index contributed by atoms with van der Waals surface area (Å²) >= 11 is 15.8. The summed E-state index contributed by atoms with van der Waals surface area (Å²) in [5.41, 5.74) is 1.82. The largest absolute Gasteiger partial charge is 0.492 e. The molecular weight excluding hydrogens is 375 g/mol. The molecule has 0 saturated heterocycles. The number of hydrogen-bond acceptors (Lipinski definition) is 2. The van der Waals surface area contributed by atoms with Crippen molar-refractivity contribution in [1.82, 2.24) is 0 Å². The normalized spacial score (nSPS) is 10.5. The lowest BCUT2D eigenvalue weighted by Crippen LogP contribution is -2.05. The third-order valence-electron chi connectivity index (χ3n) is 3.08. The zero-order valence-electron chi connectivity index (χ0n) is 11.5. The van der Waals surface area contributed by atoms with E-state index in [9.17, 15) is 4.79 Å². The molecule has 0 aliphatic carbocycles. The van der Waals surface area contributed by atoms with Gasteiger partial charge in [0.2, 0.25) is 0 Å². The first kappa shape index (κ1) is 16.3. The quantitative estimate of drug-likeness (QED) is 0.629. The minimum absolute atomic E-state index is 0.163. The van der Waals surface area contributed by atoms with Crippen LogP contribution in [0.15, 0.2) is 34.8 Å². The number of carbonyl (C=O) groups is 1. The van der Waals surface area contributed by atoms with Gasteiger partial charge in [-0.05, 0) is 31.5 Å². The molecule has 0 spiro atoms. The molecule has 0 aromatic heterocycles. The Labute approximate surface area is 142 Å². The highest BCUT2D eigenvalue weighted by Crippen LogP contribution is 2.33. The smallest absolute Gasteiger partial charge is 0.194 e. The van der Waals surface area contributed by atoms with Crippen LogP contribution in [-0.2, 0) is 0 Å². The first-order valence-electron chi connectivity index (χ1n) is 6.37. The van der Waals surface area contributed by atoms with Crippen LogP contribution in [0.5, 0.6) is 5.75 Å². The minimum Gasteiger partial charge on any atom is -0.492 e. The van der Waals surface area contributed by atoms with Gasteiger partial charge in [0, 0.05) is 21.7 Å². The maximum absolute atomic E-state index is 12.7. The fourth-order valence-corrected chi connectivity index (χ4v) is 2.79. The van der Waals surface area contributed by atoms with Gasteiger partial charge < -0.3 is 4.74 Å². The average Bonchev–Trinajstić information content (AvgIpc) is 2.45. The van der Waals surface area contributed by atoms with Crippen molar-refractivity contribution in [3.63, 3.8) is 0 Å². The molecular formula is C16H13BrCl2O2. The maximum Gasteiger partial charge on any atom is 0.194 e. The van der Waals surface area contributed by atoms with Gasteiger partial charge in [0.1, 0.15) is 5.75 Å². The first-order chi connectivity index (χ1) is 9.95. The number of rotatable bonds is 4. The second kappa shape index (κ2) is 6.82. The molecule has 2 nitrogen and oxygen atoms in total. The molecule has 0 fully saturated rings. The molecule has 0 heterocycles. The van der Waals surface area contributed by atoms with Crippen LogP contribution in [0.3, 0.4) is 0 Å². The lowest BCUT2D eigenvalue weighted by molar-refractivity contribution is 0.103. The summed E-state index contributed by atoms with van der Waals surface area (Å²) in [4.78, 5) is 12.7. The molecule has 21 heavy (non-hydrogen) atoms.